The summed E-state index contributed by atoms with van der Waals surface area (Å²) >= 11 is 3.25. The topological polar surface area (TPSA) is 91.1 Å². The maximum Gasteiger partial charge on any atom is 0.232 e. The first-order chi connectivity index (χ1) is 9.30. The molecular formula is C11H9BrClN3O3S. The molecule has 1 aliphatic rings. The lowest BCUT2D eigenvalue weighted by Crippen LogP contribution is -2.26. The number of hydrogen-bond acceptors (Lipinski definition) is 5. The largest absolute Gasteiger partial charge is 0.296 e. The molecule has 1 aromatic rings. The van der Waals surface area contributed by atoms with Gasteiger partial charge in [0.2, 0.25) is 15.0 Å². The quantitative estimate of drug-likeness (QED) is 0.746. The third-order valence-electron chi connectivity index (χ3n) is 2.85. The van der Waals surface area contributed by atoms with E-state index in [0.717, 1.165) is 0 Å². The fourth-order valence-electron chi connectivity index (χ4n) is 2.07. The molecule has 1 unspecified atom stereocenters. The van der Waals surface area contributed by atoms with Crippen LogP contribution in [0.2, 0.25) is 0 Å². The number of rotatable bonds is 3. The zero-order chi connectivity index (χ0) is 14.9. The number of nitriles is 1. The van der Waals surface area contributed by atoms with Crippen LogP contribution in [-0.4, -0.2) is 31.6 Å². The van der Waals surface area contributed by atoms with Gasteiger partial charge in [-0.25, -0.2) is 13.4 Å². The number of aromatic nitrogens is 1. The Bertz CT molecular complexity index is 701. The maximum atomic E-state index is 11.9. The summed E-state index contributed by atoms with van der Waals surface area (Å²) < 4.78 is 22.6. The van der Waals surface area contributed by atoms with Crippen LogP contribution in [0.1, 0.15) is 12.0 Å². The van der Waals surface area contributed by atoms with Gasteiger partial charge in [-0.1, -0.05) is 0 Å². The molecule has 1 aliphatic heterocycles. The van der Waals surface area contributed by atoms with Gasteiger partial charge in [-0.05, 0) is 22.0 Å². The van der Waals surface area contributed by atoms with E-state index in [1.54, 1.807) is 6.07 Å². The zero-order valence-corrected chi connectivity index (χ0v) is 13.2. The van der Waals surface area contributed by atoms with Crippen molar-refractivity contribution in [2.45, 2.75) is 6.42 Å². The predicted molar refractivity (Wildman–Crippen MR) is 76.8 cm³/mol. The summed E-state index contributed by atoms with van der Waals surface area (Å²) in [6.07, 6.45) is 1.47. The first-order valence-electron chi connectivity index (χ1n) is 5.58. The number of amides is 1. The van der Waals surface area contributed by atoms with Gasteiger partial charge in [0.05, 0.1) is 15.8 Å². The zero-order valence-electron chi connectivity index (χ0n) is 10.1. The second-order valence-corrected chi connectivity index (χ2v) is 8.10. The van der Waals surface area contributed by atoms with Gasteiger partial charge in [0.15, 0.2) is 0 Å². The van der Waals surface area contributed by atoms with E-state index in [0.29, 0.717) is 15.9 Å². The van der Waals surface area contributed by atoms with Crippen LogP contribution in [0, 0.1) is 17.2 Å². The Hall–Kier alpha value is -1.17. The molecule has 1 atom stereocenters. The van der Waals surface area contributed by atoms with Crippen molar-refractivity contribution in [2.24, 2.45) is 5.92 Å². The first kappa shape index (κ1) is 15.2. The van der Waals surface area contributed by atoms with Crippen LogP contribution in [0.4, 0.5) is 5.82 Å². The van der Waals surface area contributed by atoms with Crippen LogP contribution in [-0.2, 0) is 13.8 Å². The van der Waals surface area contributed by atoms with Gasteiger partial charge in [-0.2, -0.15) is 5.26 Å². The summed E-state index contributed by atoms with van der Waals surface area (Å²) in [7, 11) is 1.57. The van der Waals surface area contributed by atoms with E-state index >= 15 is 0 Å². The van der Waals surface area contributed by atoms with Crippen LogP contribution in [0.25, 0.3) is 0 Å². The summed E-state index contributed by atoms with van der Waals surface area (Å²) in [5, 5.41) is 8.77. The highest BCUT2D eigenvalue weighted by atomic mass is 79.9. The van der Waals surface area contributed by atoms with E-state index in [-0.39, 0.29) is 30.5 Å². The van der Waals surface area contributed by atoms with Gasteiger partial charge in [-0.3, -0.25) is 9.69 Å². The molecule has 0 radical (unpaired) electrons. The lowest BCUT2D eigenvalue weighted by Gasteiger charge is -2.16. The Labute approximate surface area is 128 Å². The minimum Gasteiger partial charge on any atom is -0.296 e. The van der Waals surface area contributed by atoms with E-state index in [2.05, 4.69) is 20.9 Å². The number of carbonyl (C=O) groups excluding carboxylic acids is 1. The van der Waals surface area contributed by atoms with Crippen LogP contribution in [0.5, 0.6) is 0 Å². The molecule has 1 amide bonds. The van der Waals surface area contributed by atoms with E-state index in [9.17, 15) is 13.2 Å². The van der Waals surface area contributed by atoms with Crippen LogP contribution in [0.3, 0.4) is 0 Å². The van der Waals surface area contributed by atoms with Crippen LogP contribution >= 0.6 is 26.6 Å². The SMILES string of the molecule is N#Cc1cnc(N2CC(CS(=O)(=O)Cl)CC2=O)c(Br)c1. The Kier molecular flexibility index (Phi) is 4.32. The summed E-state index contributed by atoms with van der Waals surface area (Å²) in [5.74, 6) is -0.434. The molecule has 9 heteroatoms. The molecule has 0 aromatic carbocycles. The molecule has 1 fully saturated rings. The number of pyridine rings is 1. The second-order valence-electron chi connectivity index (χ2n) is 4.42. The molecule has 0 aliphatic carbocycles. The fourth-order valence-corrected chi connectivity index (χ4v) is 3.95. The summed E-state index contributed by atoms with van der Waals surface area (Å²) in [5.41, 5.74) is 0.368. The van der Waals surface area contributed by atoms with E-state index < -0.39 is 9.05 Å². The third kappa shape index (κ3) is 3.48. The van der Waals surface area contributed by atoms with Crippen molar-refractivity contribution in [2.75, 3.05) is 17.2 Å². The van der Waals surface area contributed by atoms with Crippen molar-refractivity contribution in [1.29, 1.82) is 5.26 Å². The molecule has 20 heavy (non-hydrogen) atoms. The lowest BCUT2D eigenvalue weighted by atomic mass is 10.1. The number of nitrogens with zero attached hydrogens (tertiary/aromatic N) is 3. The normalized spacial score (nSPS) is 19.1. The molecule has 1 aromatic heterocycles. The van der Waals surface area contributed by atoms with E-state index in [1.807, 2.05) is 6.07 Å². The summed E-state index contributed by atoms with van der Waals surface area (Å²) in [4.78, 5) is 17.4. The maximum absolute atomic E-state index is 11.9. The van der Waals surface area contributed by atoms with Gasteiger partial charge in [0.1, 0.15) is 11.9 Å². The second kappa shape index (κ2) is 5.68. The molecule has 2 rings (SSSR count). The van der Waals surface area contributed by atoms with Crippen molar-refractivity contribution in [3.05, 3.63) is 22.3 Å². The highest BCUT2D eigenvalue weighted by molar-refractivity contribution is 9.10. The third-order valence-corrected chi connectivity index (χ3v) is 4.68. The Morgan fingerprint density at radius 3 is 2.85 bits per heavy atom. The van der Waals surface area contributed by atoms with Gasteiger partial charge in [0.25, 0.3) is 0 Å². The number of carbonyl (C=O) groups is 1. The van der Waals surface area contributed by atoms with E-state index in [4.69, 9.17) is 15.9 Å². The highest BCUT2D eigenvalue weighted by Crippen LogP contribution is 2.30. The number of anilines is 1. The molecule has 106 valence electrons. The average Bonchev–Trinajstić information content (AvgIpc) is 2.67. The highest BCUT2D eigenvalue weighted by Gasteiger charge is 2.34. The fraction of sp³-hybridized carbons (Fsp3) is 0.364. The van der Waals surface area contributed by atoms with Crippen LogP contribution in [0.15, 0.2) is 16.7 Å². The molecule has 1 saturated heterocycles. The van der Waals surface area contributed by atoms with Crippen molar-refractivity contribution >= 4 is 47.4 Å². The molecule has 0 spiro atoms. The summed E-state index contributed by atoms with van der Waals surface area (Å²) in [6, 6.07) is 3.50. The monoisotopic (exact) mass is 377 g/mol. The molecule has 2 heterocycles. The van der Waals surface area contributed by atoms with Gasteiger partial charge >= 0.3 is 0 Å². The van der Waals surface area contributed by atoms with Gasteiger partial charge < -0.3 is 0 Å². The molecular weight excluding hydrogens is 370 g/mol. The van der Waals surface area contributed by atoms with Crippen molar-refractivity contribution in [3.8, 4) is 6.07 Å². The Balaban J connectivity index is 2.22. The number of hydrogen-bond donors (Lipinski definition) is 0. The molecule has 0 saturated carbocycles. The minimum absolute atomic E-state index is 0.111. The minimum atomic E-state index is -3.64. The van der Waals surface area contributed by atoms with Crippen molar-refractivity contribution in [1.82, 2.24) is 4.98 Å². The Morgan fingerprint density at radius 1 is 1.60 bits per heavy atom. The molecule has 0 bridgehead atoms. The molecule has 0 N–H and O–H groups in total. The average molecular weight is 379 g/mol. The summed E-state index contributed by atoms with van der Waals surface area (Å²) in [6.45, 7) is 0.238. The standard InChI is InChI=1S/C11H9BrClN3O3S/c12-9-1-7(3-14)4-15-11(9)16-5-8(2-10(16)17)6-20(13,18)19/h1,4,8H,2,5-6H2. The molecule has 6 nitrogen and oxygen atoms in total. The van der Waals surface area contributed by atoms with Crippen molar-refractivity contribution < 1.29 is 13.2 Å². The predicted octanol–water partition coefficient (Wildman–Crippen LogP) is 1.64. The smallest absolute Gasteiger partial charge is 0.232 e. The number of halogens is 2. The van der Waals surface area contributed by atoms with Gasteiger partial charge in [-0.15, -0.1) is 0 Å². The van der Waals surface area contributed by atoms with Crippen molar-refractivity contribution in [3.63, 3.8) is 0 Å². The van der Waals surface area contributed by atoms with E-state index in [1.165, 1.54) is 11.1 Å². The Morgan fingerprint density at radius 2 is 2.30 bits per heavy atom. The van der Waals surface area contributed by atoms with Gasteiger partial charge in [0, 0.05) is 35.8 Å². The van der Waals surface area contributed by atoms with Crippen LogP contribution < -0.4 is 4.90 Å². The first-order valence-corrected chi connectivity index (χ1v) is 8.85. The lowest BCUT2D eigenvalue weighted by molar-refractivity contribution is -0.117.